The molecule has 0 aliphatic carbocycles. The lowest BCUT2D eigenvalue weighted by atomic mass is 10.00. The highest BCUT2D eigenvalue weighted by Crippen LogP contribution is 2.21. The molecule has 0 bridgehead atoms. The summed E-state index contributed by atoms with van der Waals surface area (Å²) in [5, 5.41) is 5.29. The Hall–Kier alpha value is -3.14. The van der Waals surface area contributed by atoms with Crippen LogP contribution in [-0.4, -0.2) is 28.8 Å². The molecule has 2 amide bonds. The first kappa shape index (κ1) is 22.5. The fourth-order valence-electron chi connectivity index (χ4n) is 3.85. The maximum Gasteiger partial charge on any atom is 0.242 e. The second-order valence-corrected chi connectivity index (χ2v) is 8.43. The number of hydrogen-bond acceptors (Lipinski definition) is 2. The molecule has 1 N–H and O–H groups in total. The molecule has 4 nitrogen and oxygen atoms in total. The Bertz CT molecular complexity index is 1050. The Balaban J connectivity index is 1.81. The first-order chi connectivity index (χ1) is 14.9. The minimum Gasteiger partial charge on any atom is -0.352 e. The molecule has 0 fully saturated rings. The Morgan fingerprint density at radius 2 is 1.52 bits per heavy atom. The van der Waals surface area contributed by atoms with E-state index in [9.17, 15) is 9.59 Å². The molecular weight excluding hydrogens is 384 g/mol. The highest BCUT2D eigenvalue weighted by atomic mass is 16.2. The van der Waals surface area contributed by atoms with Crippen LogP contribution >= 0.6 is 0 Å². The van der Waals surface area contributed by atoms with Crippen molar-refractivity contribution in [3.8, 4) is 0 Å². The van der Waals surface area contributed by atoms with E-state index < -0.39 is 6.04 Å². The van der Waals surface area contributed by atoms with E-state index in [2.05, 4.69) is 29.6 Å². The van der Waals surface area contributed by atoms with Gasteiger partial charge in [0.2, 0.25) is 11.8 Å². The molecule has 31 heavy (non-hydrogen) atoms. The topological polar surface area (TPSA) is 49.4 Å². The SMILES string of the molecule is Cc1ccccc1CN(C(=O)CCc1cccc2ccccc12)[C@@H](C)C(=O)NC(C)C. The summed E-state index contributed by atoms with van der Waals surface area (Å²) in [5.41, 5.74) is 3.33. The lowest BCUT2D eigenvalue weighted by Gasteiger charge is -2.30. The van der Waals surface area contributed by atoms with Crippen molar-refractivity contribution in [3.63, 3.8) is 0 Å². The number of aryl methyl sites for hydroxylation is 2. The molecule has 0 unspecified atom stereocenters. The van der Waals surface area contributed by atoms with Crippen LogP contribution in [0.15, 0.2) is 66.7 Å². The van der Waals surface area contributed by atoms with E-state index in [4.69, 9.17) is 0 Å². The predicted octanol–water partition coefficient (Wildman–Crippen LogP) is 5.02. The van der Waals surface area contributed by atoms with Crippen molar-refractivity contribution in [1.29, 1.82) is 0 Å². The predicted molar refractivity (Wildman–Crippen MR) is 127 cm³/mol. The third kappa shape index (κ3) is 5.72. The molecule has 162 valence electrons. The lowest BCUT2D eigenvalue weighted by Crippen LogP contribution is -2.49. The van der Waals surface area contributed by atoms with Crippen LogP contribution in [0.5, 0.6) is 0 Å². The van der Waals surface area contributed by atoms with E-state index >= 15 is 0 Å². The Morgan fingerprint density at radius 1 is 0.871 bits per heavy atom. The van der Waals surface area contributed by atoms with Gasteiger partial charge in [-0.25, -0.2) is 0 Å². The highest BCUT2D eigenvalue weighted by molar-refractivity contribution is 5.89. The average molecular weight is 417 g/mol. The maximum absolute atomic E-state index is 13.3. The molecule has 3 rings (SSSR count). The van der Waals surface area contributed by atoms with Gasteiger partial charge in [-0.05, 0) is 61.6 Å². The van der Waals surface area contributed by atoms with Crippen molar-refractivity contribution in [2.45, 2.75) is 59.2 Å². The minimum absolute atomic E-state index is 0.0115. The number of nitrogens with zero attached hydrogens (tertiary/aromatic N) is 1. The second-order valence-electron chi connectivity index (χ2n) is 8.43. The van der Waals surface area contributed by atoms with E-state index in [-0.39, 0.29) is 17.9 Å². The van der Waals surface area contributed by atoms with Crippen molar-refractivity contribution < 1.29 is 9.59 Å². The molecule has 4 heteroatoms. The fourth-order valence-corrected chi connectivity index (χ4v) is 3.85. The van der Waals surface area contributed by atoms with Gasteiger partial charge in [0.05, 0.1) is 0 Å². The van der Waals surface area contributed by atoms with Gasteiger partial charge < -0.3 is 10.2 Å². The van der Waals surface area contributed by atoms with Gasteiger partial charge >= 0.3 is 0 Å². The number of rotatable bonds is 8. The van der Waals surface area contributed by atoms with Crippen molar-refractivity contribution >= 4 is 22.6 Å². The third-order valence-corrected chi connectivity index (χ3v) is 5.69. The van der Waals surface area contributed by atoms with Gasteiger partial charge in [-0.15, -0.1) is 0 Å². The summed E-state index contributed by atoms with van der Waals surface area (Å²) in [6.45, 7) is 8.13. The van der Waals surface area contributed by atoms with Crippen LogP contribution in [0.25, 0.3) is 10.8 Å². The molecule has 3 aromatic carbocycles. The van der Waals surface area contributed by atoms with Crippen LogP contribution < -0.4 is 5.32 Å². The van der Waals surface area contributed by atoms with Gasteiger partial charge in [0.1, 0.15) is 6.04 Å². The zero-order valence-electron chi connectivity index (χ0n) is 18.9. The molecule has 1 atom stereocenters. The van der Waals surface area contributed by atoms with E-state index in [0.29, 0.717) is 19.4 Å². The molecule has 0 radical (unpaired) electrons. The largest absolute Gasteiger partial charge is 0.352 e. The van der Waals surface area contributed by atoms with Crippen LogP contribution in [-0.2, 0) is 22.6 Å². The molecule has 0 spiro atoms. The van der Waals surface area contributed by atoms with Crippen molar-refractivity contribution in [3.05, 3.63) is 83.4 Å². The summed E-state index contributed by atoms with van der Waals surface area (Å²) in [7, 11) is 0. The van der Waals surface area contributed by atoms with Gasteiger partial charge in [0.15, 0.2) is 0 Å². The van der Waals surface area contributed by atoms with Gasteiger partial charge in [0.25, 0.3) is 0 Å². The van der Waals surface area contributed by atoms with Crippen LogP contribution in [0.1, 0.15) is 43.9 Å². The fraction of sp³-hybridized carbons (Fsp3) is 0.333. The van der Waals surface area contributed by atoms with Gasteiger partial charge in [-0.3, -0.25) is 9.59 Å². The summed E-state index contributed by atoms with van der Waals surface area (Å²) in [4.78, 5) is 27.8. The van der Waals surface area contributed by atoms with E-state index in [1.165, 1.54) is 10.8 Å². The molecule has 0 aliphatic rings. The van der Waals surface area contributed by atoms with E-state index in [0.717, 1.165) is 16.7 Å². The molecular formula is C27H32N2O2. The summed E-state index contributed by atoms with van der Waals surface area (Å²) in [5.74, 6) is -0.135. The van der Waals surface area contributed by atoms with Crippen molar-refractivity contribution in [2.75, 3.05) is 0 Å². The van der Waals surface area contributed by atoms with Gasteiger partial charge in [0, 0.05) is 19.0 Å². The Kier molecular flexibility index (Phi) is 7.45. The number of benzene rings is 3. The van der Waals surface area contributed by atoms with E-state index in [1.54, 1.807) is 4.90 Å². The maximum atomic E-state index is 13.3. The number of nitrogens with one attached hydrogen (secondary N) is 1. The molecule has 0 aliphatic heterocycles. The molecule has 0 heterocycles. The monoisotopic (exact) mass is 416 g/mol. The average Bonchev–Trinajstić information content (AvgIpc) is 2.76. The summed E-state index contributed by atoms with van der Waals surface area (Å²) < 4.78 is 0. The normalized spacial score (nSPS) is 12.0. The first-order valence-electron chi connectivity index (χ1n) is 11.0. The molecule has 3 aromatic rings. The number of carbonyl (C=O) groups is 2. The first-order valence-corrected chi connectivity index (χ1v) is 11.0. The lowest BCUT2D eigenvalue weighted by molar-refractivity contribution is -0.140. The molecule has 0 saturated heterocycles. The standard InChI is InChI=1S/C27H32N2O2/c1-19(2)28-27(31)21(4)29(18-24-12-6-5-10-20(24)3)26(30)17-16-23-14-9-13-22-11-7-8-15-25(22)23/h5-15,19,21H,16-18H2,1-4H3,(H,28,31)/t21-/m0/s1. The van der Waals surface area contributed by atoms with Gasteiger partial charge in [-0.2, -0.15) is 0 Å². The second kappa shape index (κ2) is 10.3. The smallest absolute Gasteiger partial charge is 0.242 e. The number of fused-ring (bicyclic) bond motifs is 1. The Labute approximate surface area is 185 Å². The summed E-state index contributed by atoms with van der Waals surface area (Å²) in [6.07, 6.45) is 1.00. The van der Waals surface area contributed by atoms with Crippen LogP contribution in [0.3, 0.4) is 0 Å². The number of carbonyl (C=O) groups excluding carboxylic acids is 2. The quantitative estimate of drug-likeness (QED) is 0.560. The van der Waals surface area contributed by atoms with Gasteiger partial charge in [-0.1, -0.05) is 66.7 Å². The molecule has 0 saturated carbocycles. The zero-order chi connectivity index (χ0) is 22.4. The zero-order valence-corrected chi connectivity index (χ0v) is 18.9. The summed E-state index contributed by atoms with van der Waals surface area (Å²) in [6, 6.07) is 21.9. The molecule has 0 aromatic heterocycles. The number of hydrogen-bond donors (Lipinski definition) is 1. The highest BCUT2D eigenvalue weighted by Gasteiger charge is 2.26. The number of amides is 2. The Morgan fingerprint density at radius 3 is 2.26 bits per heavy atom. The minimum atomic E-state index is -0.540. The van der Waals surface area contributed by atoms with Crippen LogP contribution in [0.2, 0.25) is 0 Å². The third-order valence-electron chi connectivity index (χ3n) is 5.69. The van der Waals surface area contributed by atoms with Crippen LogP contribution in [0, 0.1) is 6.92 Å². The van der Waals surface area contributed by atoms with E-state index in [1.807, 2.05) is 70.2 Å². The summed E-state index contributed by atoms with van der Waals surface area (Å²) >= 11 is 0. The van der Waals surface area contributed by atoms with Crippen molar-refractivity contribution in [1.82, 2.24) is 10.2 Å². The van der Waals surface area contributed by atoms with Crippen molar-refractivity contribution in [2.24, 2.45) is 0 Å². The van der Waals surface area contributed by atoms with Crippen LogP contribution in [0.4, 0.5) is 0 Å².